The first kappa shape index (κ1) is 16.1. The molecule has 0 radical (unpaired) electrons. The van der Waals surface area contributed by atoms with Crippen molar-refractivity contribution >= 4 is 10.9 Å². The van der Waals surface area contributed by atoms with Gasteiger partial charge in [0, 0.05) is 11.1 Å². The number of pyridine rings is 1. The van der Waals surface area contributed by atoms with Crippen molar-refractivity contribution in [2.75, 3.05) is 7.11 Å². The van der Waals surface area contributed by atoms with Crippen LogP contribution in [0.4, 0.5) is 4.39 Å². The van der Waals surface area contributed by atoms with Crippen LogP contribution in [0, 0.1) is 12.7 Å². The van der Waals surface area contributed by atoms with Gasteiger partial charge < -0.3 is 4.74 Å². The smallest absolute Gasteiger partial charge is 0.179 e. The van der Waals surface area contributed by atoms with E-state index in [0.717, 1.165) is 16.6 Å². The standard InChI is InChI=1S/C21H16FN3O/c1-13-7-5-11-17(23-13)21-24-16-10-4-3-8-14(16)20(25-21)19-15(22)9-6-12-18(19)26-2/h3-12H,1-2H3. The number of rotatable bonds is 3. The maximum Gasteiger partial charge on any atom is 0.179 e. The Morgan fingerprint density at radius 1 is 0.846 bits per heavy atom. The number of nitrogens with zero attached hydrogens (tertiary/aromatic N) is 3. The Bertz CT molecular complexity index is 1110. The van der Waals surface area contributed by atoms with Crippen LogP contribution < -0.4 is 4.74 Å². The Morgan fingerprint density at radius 3 is 2.46 bits per heavy atom. The van der Waals surface area contributed by atoms with Crippen LogP contribution in [0.2, 0.25) is 0 Å². The SMILES string of the molecule is COc1cccc(F)c1-c1nc(-c2cccc(C)n2)nc2ccccc12. The van der Waals surface area contributed by atoms with Gasteiger partial charge in [-0.05, 0) is 37.3 Å². The Hall–Kier alpha value is -3.34. The summed E-state index contributed by atoms with van der Waals surface area (Å²) in [7, 11) is 1.52. The largest absolute Gasteiger partial charge is 0.496 e. The van der Waals surface area contributed by atoms with Gasteiger partial charge in [-0.15, -0.1) is 0 Å². The van der Waals surface area contributed by atoms with Crippen molar-refractivity contribution in [3.05, 3.63) is 72.2 Å². The van der Waals surface area contributed by atoms with Crippen LogP contribution >= 0.6 is 0 Å². The van der Waals surface area contributed by atoms with Gasteiger partial charge in [-0.25, -0.2) is 19.3 Å². The fourth-order valence-corrected chi connectivity index (χ4v) is 2.95. The zero-order valence-corrected chi connectivity index (χ0v) is 14.4. The first-order valence-corrected chi connectivity index (χ1v) is 8.21. The van der Waals surface area contributed by atoms with E-state index in [0.29, 0.717) is 28.5 Å². The van der Waals surface area contributed by atoms with E-state index in [2.05, 4.69) is 15.0 Å². The Balaban J connectivity index is 2.06. The van der Waals surface area contributed by atoms with E-state index in [4.69, 9.17) is 4.74 Å². The number of halogens is 1. The van der Waals surface area contributed by atoms with E-state index in [-0.39, 0.29) is 0 Å². The molecule has 0 aliphatic carbocycles. The molecule has 0 saturated heterocycles. The van der Waals surface area contributed by atoms with Crippen LogP contribution in [0.3, 0.4) is 0 Å². The number of benzene rings is 2. The topological polar surface area (TPSA) is 47.9 Å². The molecular formula is C21H16FN3O. The Kier molecular flexibility index (Phi) is 4.05. The number of hydrogen-bond donors (Lipinski definition) is 0. The summed E-state index contributed by atoms with van der Waals surface area (Å²) in [5.41, 5.74) is 3.05. The van der Waals surface area contributed by atoms with Gasteiger partial charge in [0.1, 0.15) is 17.3 Å². The first-order chi connectivity index (χ1) is 12.7. The van der Waals surface area contributed by atoms with Gasteiger partial charge in [0.05, 0.1) is 23.9 Å². The summed E-state index contributed by atoms with van der Waals surface area (Å²) in [5, 5.41) is 0.757. The molecule has 2 aromatic carbocycles. The van der Waals surface area contributed by atoms with Crippen molar-refractivity contribution in [2.45, 2.75) is 6.92 Å². The molecule has 0 unspecified atom stereocenters. The molecule has 4 aromatic rings. The Morgan fingerprint density at radius 2 is 1.65 bits per heavy atom. The van der Waals surface area contributed by atoms with Crippen LogP contribution in [0.25, 0.3) is 33.7 Å². The molecular weight excluding hydrogens is 329 g/mol. The van der Waals surface area contributed by atoms with Crippen molar-refractivity contribution in [1.82, 2.24) is 15.0 Å². The summed E-state index contributed by atoms with van der Waals surface area (Å²) < 4.78 is 20.1. The number of fused-ring (bicyclic) bond motifs is 1. The minimum absolute atomic E-state index is 0.322. The third kappa shape index (κ3) is 2.77. The third-order valence-electron chi connectivity index (χ3n) is 4.15. The summed E-state index contributed by atoms with van der Waals surface area (Å²) in [5.74, 6) is 0.487. The Labute approximate surface area is 150 Å². The second-order valence-electron chi connectivity index (χ2n) is 5.89. The number of hydrogen-bond acceptors (Lipinski definition) is 4. The van der Waals surface area contributed by atoms with Gasteiger partial charge in [-0.1, -0.05) is 30.3 Å². The average Bonchev–Trinajstić information content (AvgIpc) is 2.67. The van der Waals surface area contributed by atoms with Crippen molar-refractivity contribution in [3.8, 4) is 28.5 Å². The predicted molar refractivity (Wildman–Crippen MR) is 99.5 cm³/mol. The molecule has 128 valence electrons. The summed E-state index contributed by atoms with van der Waals surface area (Å²) in [6, 6.07) is 17.9. The highest BCUT2D eigenvalue weighted by atomic mass is 19.1. The fourth-order valence-electron chi connectivity index (χ4n) is 2.95. The molecule has 0 amide bonds. The summed E-state index contributed by atoms with van der Waals surface area (Å²) in [6.45, 7) is 1.91. The van der Waals surface area contributed by atoms with Crippen LogP contribution in [0.1, 0.15) is 5.69 Å². The molecule has 0 N–H and O–H groups in total. The normalized spacial score (nSPS) is 10.9. The monoisotopic (exact) mass is 345 g/mol. The van der Waals surface area contributed by atoms with E-state index in [9.17, 15) is 4.39 Å². The zero-order valence-electron chi connectivity index (χ0n) is 14.4. The molecule has 4 nitrogen and oxygen atoms in total. The maximum absolute atomic E-state index is 14.7. The van der Waals surface area contributed by atoms with Gasteiger partial charge in [-0.2, -0.15) is 0 Å². The van der Waals surface area contributed by atoms with Crippen molar-refractivity contribution in [1.29, 1.82) is 0 Å². The molecule has 5 heteroatoms. The van der Waals surface area contributed by atoms with Gasteiger partial charge >= 0.3 is 0 Å². The quantitative estimate of drug-likeness (QED) is 0.534. The lowest BCUT2D eigenvalue weighted by atomic mass is 10.0. The highest BCUT2D eigenvalue weighted by Crippen LogP contribution is 2.36. The highest BCUT2D eigenvalue weighted by molar-refractivity contribution is 5.95. The van der Waals surface area contributed by atoms with E-state index >= 15 is 0 Å². The molecule has 26 heavy (non-hydrogen) atoms. The lowest BCUT2D eigenvalue weighted by Crippen LogP contribution is -2.00. The lowest BCUT2D eigenvalue weighted by molar-refractivity contribution is 0.413. The molecule has 0 atom stereocenters. The lowest BCUT2D eigenvalue weighted by Gasteiger charge is -2.13. The molecule has 0 spiro atoms. The first-order valence-electron chi connectivity index (χ1n) is 8.21. The minimum atomic E-state index is -0.392. The molecule has 0 fully saturated rings. The maximum atomic E-state index is 14.7. The fraction of sp³-hybridized carbons (Fsp3) is 0.0952. The summed E-state index contributed by atoms with van der Waals surface area (Å²) in [4.78, 5) is 13.8. The molecule has 0 saturated carbocycles. The van der Waals surface area contributed by atoms with E-state index < -0.39 is 5.82 Å². The van der Waals surface area contributed by atoms with Gasteiger partial charge in [0.15, 0.2) is 5.82 Å². The number of ether oxygens (including phenoxy) is 1. The second-order valence-corrected chi connectivity index (χ2v) is 5.89. The third-order valence-corrected chi connectivity index (χ3v) is 4.15. The molecule has 2 heterocycles. The number of aryl methyl sites for hydroxylation is 1. The average molecular weight is 345 g/mol. The zero-order chi connectivity index (χ0) is 18.1. The van der Waals surface area contributed by atoms with Gasteiger partial charge in [0.25, 0.3) is 0 Å². The molecule has 0 aliphatic heterocycles. The van der Waals surface area contributed by atoms with Crippen LogP contribution in [-0.2, 0) is 0 Å². The predicted octanol–water partition coefficient (Wildman–Crippen LogP) is 4.81. The van der Waals surface area contributed by atoms with Gasteiger partial charge in [-0.3, -0.25) is 0 Å². The second kappa shape index (κ2) is 6.52. The van der Waals surface area contributed by atoms with Crippen LogP contribution in [0.5, 0.6) is 5.75 Å². The van der Waals surface area contributed by atoms with E-state index in [1.54, 1.807) is 12.1 Å². The molecule has 2 aromatic heterocycles. The van der Waals surface area contributed by atoms with E-state index in [1.807, 2.05) is 49.4 Å². The van der Waals surface area contributed by atoms with Crippen LogP contribution in [0.15, 0.2) is 60.7 Å². The molecule has 0 bridgehead atoms. The van der Waals surface area contributed by atoms with Crippen molar-refractivity contribution in [2.24, 2.45) is 0 Å². The summed E-state index contributed by atoms with van der Waals surface area (Å²) in [6.07, 6.45) is 0. The number of methoxy groups -OCH3 is 1. The van der Waals surface area contributed by atoms with E-state index in [1.165, 1.54) is 13.2 Å². The molecule has 0 aliphatic rings. The highest BCUT2D eigenvalue weighted by Gasteiger charge is 2.18. The molecule has 4 rings (SSSR count). The summed E-state index contributed by atoms with van der Waals surface area (Å²) >= 11 is 0. The number of para-hydroxylation sites is 1. The van der Waals surface area contributed by atoms with Crippen molar-refractivity contribution < 1.29 is 9.13 Å². The van der Waals surface area contributed by atoms with Crippen LogP contribution in [-0.4, -0.2) is 22.1 Å². The minimum Gasteiger partial charge on any atom is -0.496 e. The van der Waals surface area contributed by atoms with Gasteiger partial charge in [0.2, 0.25) is 0 Å². The number of aromatic nitrogens is 3. The van der Waals surface area contributed by atoms with Crippen molar-refractivity contribution in [3.63, 3.8) is 0 Å².